The summed E-state index contributed by atoms with van der Waals surface area (Å²) < 4.78 is 10.8. The summed E-state index contributed by atoms with van der Waals surface area (Å²) in [4.78, 5) is 8.85. The number of hydrogen-bond acceptors (Lipinski definition) is 5. The molecule has 0 aromatic carbocycles. The summed E-state index contributed by atoms with van der Waals surface area (Å²) in [5.41, 5.74) is 0. The number of hydrogen-bond donors (Lipinski definition) is 1. The first-order valence-corrected chi connectivity index (χ1v) is 6.35. The Labute approximate surface area is 109 Å². The van der Waals surface area contributed by atoms with Crippen LogP contribution in [0.5, 0.6) is 5.88 Å². The number of rotatable bonds is 7. The largest absolute Gasteiger partial charge is 0.472 e. The first kappa shape index (κ1) is 14.7. The van der Waals surface area contributed by atoms with Crippen LogP contribution in [0.25, 0.3) is 0 Å². The van der Waals surface area contributed by atoms with E-state index in [-0.39, 0.29) is 12.0 Å². The van der Waals surface area contributed by atoms with Crippen molar-refractivity contribution in [1.29, 1.82) is 0 Å². The van der Waals surface area contributed by atoms with Crippen LogP contribution in [0.15, 0.2) is 6.07 Å². The molecule has 1 aromatic rings. The average Bonchev–Trinajstić information content (AvgIpc) is 2.29. The Balaban J connectivity index is 2.88. The fourth-order valence-corrected chi connectivity index (χ4v) is 1.51. The predicted molar refractivity (Wildman–Crippen MR) is 72.3 cm³/mol. The van der Waals surface area contributed by atoms with Crippen molar-refractivity contribution in [2.24, 2.45) is 0 Å². The van der Waals surface area contributed by atoms with Crippen LogP contribution in [0.4, 0.5) is 5.82 Å². The van der Waals surface area contributed by atoms with Crippen molar-refractivity contribution >= 4 is 5.82 Å². The highest BCUT2D eigenvalue weighted by molar-refractivity contribution is 5.38. The van der Waals surface area contributed by atoms with Gasteiger partial charge in [-0.05, 0) is 13.8 Å². The van der Waals surface area contributed by atoms with E-state index in [1.165, 1.54) is 0 Å². The maximum absolute atomic E-state index is 5.72. The van der Waals surface area contributed by atoms with Gasteiger partial charge in [-0.15, -0.1) is 0 Å². The molecule has 0 amide bonds. The van der Waals surface area contributed by atoms with Crippen LogP contribution in [0.3, 0.4) is 0 Å². The molecule has 0 radical (unpaired) electrons. The second-order valence-electron chi connectivity index (χ2n) is 4.52. The average molecular weight is 253 g/mol. The van der Waals surface area contributed by atoms with E-state index in [0.717, 1.165) is 18.2 Å². The molecule has 5 nitrogen and oxygen atoms in total. The minimum absolute atomic E-state index is 0.0283. The van der Waals surface area contributed by atoms with Gasteiger partial charge >= 0.3 is 0 Å². The van der Waals surface area contributed by atoms with Crippen molar-refractivity contribution in [1.82, 2.24) is 9.97 Å². The molecule has 0 saturated heterocycles. The number of ether oxygens (including phenoxy) is 2. The van der Waals surface area contributed by atoms with E-state index >= 15 is 0 Å². The molecule has 1 N–H and O–H groups in total. The molecule has 102 valence electrons. The van der Waals surface area contributed by atoms with E-state index in [9.17, 15) is 0 Å². The lowest BCUT2D eigenvalue weighted by Gasteiger charge is -2.15. The van der Waals surface area contributed by atoms with Gasteiger partial charge in [-0.1, -0.05) is 13.8 Å². The van der Waals surface area contributed by atoms with E-state index in [1.54, 1.807) is 7.11 Å². The smallest absolute Gasteiger partial charge is 0.219 e. The first-order valence-electron chi connectivity index (χ1n) is 6.35. The van der Waals surface area contributed by atoms with Gasteiger partial charge in [0.05, 0.1) is 6.61 Å². The quantitative estimate of drug-likeness (QED) is 0.809. The molecule has 0 fully saturated rings. The van der Waals surface area contributed by atoms with E-state index in [2.05, 4.69) is 29.1 Å². The summed E-state index contributed by atoms with van der Waals surface area (Å²) in [5, 5.41) is 3.19. The fraction of sp³-hybridized carbons (Fsp3) is 0.692. The summed E-state index contributed by atoms with van der Waals surface area (Å²) in [6.45, 7) is 9.47. The molecule has 1 heterocycles. The molecule has 1 unspecified atom stereocenters. The number of methoxy groups -OCH3 is 1. The zero-order chi connectivity index (χ0) is 13.5. The van der Waals surface area contributed by atoms with Gasteiger partial charge in [-0.3, -0.25) is 0 Å². The summed E-state index contributed by atoms with van der Waals surface area (Å²) in [5.74, 6) is 2.45. The van der Waals surface area contributed by atoms with Crippen molar-refractivity contribution in [3.63, 3.8) is 0 Å². The van der Waals surface area contributed by atoms with Crippen LogP contribution in [0.2, 0.25) is 0 Å². The number of nitrogens with zero attached hydrogens (tertiary/aromatic N) is 2. The van der Waals surface area contributed by atoms with Crippen LogP contribution in [-0.2, 0) is 4.74 Å². The van der Waals surface area contributed by atoms with Crippen molar-refractivity contribution < 1.29 is 9.47 Å². The molecule has 1 atom stereocenters. The van der Waals surface area contributed by atoms with Crippen LogP contribution in [-0.4, -0.2) is 36.3 Å². The Morgan fingerprint density at radius 1 is 1.28 bits per heavy atom. The van der Waals surface area contributed by atoms with Crippen molar-refractivity contribution in [2.75, 3.05) is 25.6 Å². The fourth-order valence-electron chi connectivity index (χ4n) is 1.51. The van der Waals surface area contributed by atoms with Gasteiger partial charge in [0.2, 0.25) is 5.88 Å². The molecule has 0 aliphatic carbocycles. The molecular formula is C13H23N3O2. The second kappa shape index (κ2) is 7.16. The predicted octanol–water partition coefficient (Wildman–Crippen LogP) is 2.45. The van der Waals surface area contributed by atoms with Crippen LogP contribution in [0, 0.1) is 0 Å². The third-order valence-corrected chi connectivity index (χ3v) is 2.32. The zero-order valence-electron chi connectivity index (χ0n) is 11.9. The summed E-state index contributed by atoms with van der Waals surface area (Å²) >= 11 is 0. The van der Waals surface area contributed by atoms with E-state index < -0.39 is 0 Å². The SMILES string of the molecule is CCNc1cc(OC(C)COC)nc(C(C)C)n1. The Kier molecular flexibility index (Phi) is 5.85. The third kappa shape index (κ3) is 4.49. The van der Waals surface area contributed by atoms with E-state index in [0.29, 0.717) is 12.5 Å². The van der Waals surface area contributed by atoms with Gasteiger partial charge in [0, 0.05) is 25.6 Å². The Bertz CT molecular complexity index is 369. The topological polar surface area (TPSA) is 56.3 Å². The van der Waals surface area contributed by atoms with Crippen LogP contribution < -0.4 is 10.1 Å². The highest BCUT2D eigenvalue weighted by atomic mass is 16.5. The highest BCUT2D eigenvalue weighted by Gasteiger charge is 2.11. The van der Waals surface area contributed by atoms with Gasteiger partial charge in [0.15, 0.2) is 0 Å². The van der Waals surface area contributed by atoms with Gasteiger partial charge < -0.3 is 14.8 Å². The van der Waals surface area contributed by atoms with Crippen LogP contribution in [0.1, 0.15) is 39.4 Å². The van der Waals surface area contributed by atoms with Crippen molar-refractivity contribution in [3.05, 3.63) is 11.9 Å². The minimum atomic E-state index is -0.0283. The molecule has 0 aliphatic rings. The maximum Gasteiger partial charge on any atom is 0.219 e. The molecule has 1 rings (SSSR count). The van der Waals surface area contributed by atoms with Gasteiger partial charge in [0.25, 0.3) is 0 Å². The standard InChI is InChI=1S/C13H23N3O2/c1-6-14-11-7-12(18-10(4)8-17-5)16-13(15-11)9(2)3/h7,9-10H,6,8H2,1-5H3,(H,14,15,16). The normalized spacial score (nSPS) is 12.6. The lowest BCUT2D eigenvalue weighted by Crippen LogP contribution is -2.19. The Morgan fingerprint density at radius 3 is 2.56 bits per heavy atom. The molecular weight excluding hydrogens is 230 g/mol. The third-order valence-electron chi connectivity index (χ3n) is 2.32. The van der Waals surface area contributed by atoms with Gasteiger partial charge in [-0.2, -0.15) is 4.98 Å². The summed E-state index contributed by atoms with van der Waals surface area (Å²) in [7, 11) is 1.66. The molecule has 0 spiro atoms. The van der Waals surface area contributed by atoms with E-state index in [4.69, 9.17) is 9.47 Å². The van der Waals surface area contributed by atoms with Crippen LogP contribution >= 0.6 is 0 Å². The Morgan fingerprint density at radius 2 is 2.00 bits per heavy atom. The summed E-state index contributed by atoms with van der Waals surface area (Å²) in [6, 6.07) is 1.82. The second-order valence-corrected chi connectivity index (χ2v) is 4.52. The molecule has 0 bridgehead atoms. The lowest BCUT2D eigenvalue weighted by molar-refractivity contribution is 0.0887. The molecule has 18 heavy (non-hydrogen) atoms. The first-order chi connectivity index (χ1) is 8.56. The molecule has 1 aromatic heterocycles. The summed E-state index contributed by atoms with van der Waals surface area (Å²) in [6.07, 6.45) is -0.0283. The molecule has 0 aliphatic heterocycles. The number of anilines is 1. The molecule has 0 saturated carbocycles. The Hall–Kier alpha value is -1.36. The monoisotopic (exact) mass is 253 g/mol. The zero-order valence-corrected chi connectivity index (χ0v) is 11.9. The molecule has 5 heteroatoms. The van der Waals surface area contributed by atoms with Gasteiger partial charge in [0.1, 0.15) is 17.7 Å². The number of aromatic nitrogens is 2. The van der Waals surface area contributed by atoms with Gasteiger partial charge in [-0.25, -0.2) is 4.98 Å². The lowest BCUT2D eigenvalue weighted by atomic mass is 10.2. The minimum Gasteiger partial charge on any atom is -0.472 e. The van der Waals surface area contributed by atoms with Crippen molar-refractivity contribution in [3.8, 4) is 5.88 Å². The van der Waals surface area contributed by atoms with Crippen molar-refractivity contribution in [2.45, 2.75) is 39.7 Å². The number of nitrogens with one attached hydrogen (secondary N) is 1. The highest BCUT2D eigenvalue weighted by Crippen LogP contribution is 2.19. The maximum atomic E-state index is 5.72. The van der Waals surface area contributed by atoms with E-state index in [1.807, 2.05) is 19.9 Å².